The standard InChI is InChI=1S/C22H20O3/c1-24-17-12-10-15(11-13-17)18-14-21(16-6-3-2-4-7-16)25-20-9-5-8-19(23)22(18)20/h2-4,6-7,10-14,18H,5,8-9H2,1H3. The molecule has 0 spiro atoms. The van der Waals surface area contributed by atoms with Gasteiger partial charge in [-0.15, -0.1) is 0 Å². The first-order valence-electron chi connectivity index (χ1n) is 8.61. The molecule has 1 aliphatic heterocycles. The number of allylic oxidation sites excluding steroid dienone is 3. The van der Waals surface area contributed by atoms with Gasteiger partial charge in [-0.05, 0) is 30.2 Å². The average molecular weight is 332 g/mol. The number of carbonyl (C=O) groups is 1. The minimum Gasteiger partial charge on any atom is -0.497 e. The molecular formula is C22H20O3. The van der Waals surface area contributed by atoms with Crippen molar-refractivity contribution in [1.82, 2.24) is 0 Å². The Hall–Kier alpha value is -2.81. The van der Waals surface area contributed by atoms with Crippen LogP contribution in [0.3, 0.4) is 0 Å². The fraction of sp³-hybridized carbons (Fsp3) is 0.227. The topological polar surface area (TPSA) is 35.5 Å². The highest BCUT2D eigenvalue weighted by atomic mass is 16.5. The van der Waals surface area contributed by atoms with Crippen LogP contribution >= 0.6 is 0 Å². The molecule has 0 radical (unpaired) electrons. The Balaban J connectivity index is 1.80. The summed E-state index contributed by atoms with van der Waals surface area (Å²) in [6, 6.07) is 18.0. The van der Waals surface area contributed by atoms with Crippen molar-refractivity contribution in [1.29, 1.82) is 0 Å². The maximum atomic E-state index is 12.6. The largest absolute Gasteiger partial charge is 0.497 e. The molecule has 0 saturated heterocycles. The number of carbonyl (C=O) groups excluding carboxylic acids is 1. The summed E-state index contributed by atoms with van der Waals surface area (Å²) in [5.41, 5.74) is 2.93. The van der Waals surface area contributed by atoms with Crippen molar-refractivity contribution >= 4 is 11.5 Å². The van der Waals surface area contributed by atoms with Crippen LogP contribution in [-0.2, 0) is 9.53 Å². The molecule has 3 nitrogen and oxygen atoms in total. The van der Waals surface area contributed by atoms with Gasteiger partial charge < -0.3 is 9.47 Å². The zero-order valence-electron chi connectivity index (χ0n) is 14.2. The summed E-state index contributed by atoms with van der Waals surface area (Å²) in [6.07, 6.45) is 4.34. The molecule has 0 aromatic heterocycles. The Labute approximate surface area is 147 Å². The summed E-state index contributed by atoms with van der Waals surface area (Å²) in [4.78, 5) is 12.6. The second kappa shape index (κ2) is 6.60. The average Bonchev–Trinajstić information content (AvgIpc) is 2.68. The third-order valence-corrected chi connectivity index (χ3v) is 4.80. The molecule has 1 atom stereocenters. The van der Waals surface area contributed by atoms with E-state index in [4.69, 9.17) is 9.47 Å². The van der Waals surface area contributed by atoms with Gasteiger partial charge >= 0.3 is 0 Å². The molecule has 2 aromatic carbocycles. The number of ketones is 1. The summed E-state index contributed by atoms with van der Waals surface area (Å²) in [5.74, 6) is 2.60. The van der Waals surface area contributed by atoms with Gasteiger partial charge in [0.2, 0.25) is 0 Å². The molecule has 0 N–H and O–H groups in total. The van der Waals surface area contributed by atoms with E-state index in [9.17, 15) is 4.79 Å². The number of hydrogen-bond donors (Lipinski definition) is 0. The van der Waals surface area contributed by atoms with Crippen LogP contribution in [0, 0.1) is 0 Å². The van der Waals surface area contributed by atoms with E-state index >= 15 is 0 Å². The molecule has 0 amide bonds. The first-order chi connectivity index (χ1) is 12.3. The molecule has 1 unspecified atom stereocenters. The molecule has 126 valence electrons. The molecule has 2 aliphatic rings. The number of hydrogen-bond acceptors (Lipinski definition) is 3. The second-order valence-electron chi connectivity index (χ2n) is 6.36. The van der Waals surface area contributed by atoms with E-state index in [0.717, 1.165) is 46.8 Å². The zero-order valence-corrected chi connectivity index (χ0v) is 14.2. The van der Waals surface area contributed by atoms with Gasteiger partial charge in [0.25, 0.3) is 0 Å². The smallest absolute Gasteiger partial charge is 0.163 e. The predicted molar refractivity (Wildman–Crippen MR) is 97.1 cm³/mol. The van der Waals surface area contributed by atoms with Crippen LogP contribution in [0.15, 0.2) is 72.0 Å². The van der Waals surface area contributed by atoms with E-state index in [-0.39, 0.29) is 11.7 Å². The Kier molecular flexibility index (Phi) is 4.14. The second-order valence-corrected chi connectivity index (χ2v) is 6.36. The van der Waals surface area contributed by atoms with Crippen LogP contribution in [-0.4, -0.2) is 12.9 Å². The van der Waals surface area contributed by atoms with Crippen molar-refractivity contribution < 1.29 is 14.3 Å². The van der Waals surface area contributed by atoms with Gasteiger partial charge in [-0.2, -0.15) is 0 Å². The number of methoxy groups -OCH3 is 1. The van der Waals surface area contributed by atoms with Gasteiger partial charge in [-0.1, -0.05) is 42.5 Å². The van der Waals surface area contributed by atoms with Crippen molar-refractivity contribution in [2.45, 2.75) is 25.2 Å². The highest BCUT2D eigenvalue weighted by Crippen LogP contribution is 2.42. The lowest BCUT2D eigenvalue weighted by atomic mass is 9.80. The van der Waals surface area contributed by atoms with Crippen molar-refractivity contribution in [3.05, 3.63) is 83.1 Å². The maximum Gasteiger partial charge on any atom is 0.163 e. The van der Waals surface area contributed by atoms with Crippen LogP contribution in [0.4, 0.5) is 0 Å². The lowest BCUT2D eigenvalue weighted by Crippen LogP contribution is -2.21. The normalized spacial score (nSPS) is 19.8. The Bertz CT molecular complexity index is 845. The fourth-order valence-electron chi connectivity index (χ4n) is 3.52. The molecule has 0 fully saturated rings. The van der Waals surface area contributed by atoms with Gasteiger partial charge in [-0.3, -0.25) is 4.79 Å². The van der Waals surface area contributed by atoms with Gasteiger partial charge in [0.05, 0.1) is 7.11 Å². The quantitative estimate of drug-likeness (QED) is 0.805. The molecule has 2 aromatic rings. The molecule has 0 bridgehead atoms. The van der Waals surface area contributed by atoms with Crippen molar-refractivity contribution in [2.75, 3.05) is 7.11 Å². The predicted octanol–water partition coefficient (Wildman–Crippen LogP) is 4.86. The Morgan fingerprint density at radius 1 is 1.00 bits per heavy atom. The lowest BCUT2D eigenvalue weighted by Gasteiger charge is -2.30. The van der Waals surface area contributed by atoms with E-state index in [0.29, 0.717) is 6.42 Å². The van der Waals surface area contributed by atoms with Gasteiger partial charge in [-0.25, -0.2) is 0 Å². The molecule has 1 heterocycles. The molecule has 1 aliphatic carbocycles. The van der Waals surface area contributed by atoms with Crippen molar-refractivity contribution in [2.24, 2.45) is 0 Å². The van der Waals surface area contributed by atoms with E-state index in [1.807, 2.05) is 54.6 Å². The molecule has 25 heavy (non-hydrogen) atoms. The molecule has 4 rings (SSSR count). The van der Waals surface area contributed by atoms with Gasteiger partial charge in [0.1, 0.15) is 17.3 Å². The summed E-state index contributed by atoms with van der Waals surface area (Å²) in [6.45, 7) is 0. The first kappa shape index (κ1) is 15.7. The minimum absolute atomic E-state index is 0.0716. The van der Waals surface area contributed by atoms with Gasteiger partial charge in [0, 0.05) is 29.9 Å². The summed E-state index contributed by atoms with van der Waals surface area (Å²) >= 11 is 0. The zero-order chi connectivity index (χ0) is 17.2. The van der Waals surface area contributed by atoms with Crippen LogP contribution in [0.25, 0.3) is 5.76 Å². The Morgan fingerprint density at radius 3 is 2.48 bits per heavy atom. The third-order valence-electron chi connectivity index (χ3n) is 4.80. The van der Waals surface area contributed by atoms with E-state index < -0.39 is 0 Å². The molecule has 3 heteroatoms. The number of Topliss-reactive ketones (excluding diaryl/α,β-unsaturated/α-hetero) is 1. The van der Waals surface area contributed by atoms with E-state index in [1.54, 1.807) is 7.11 Å². The lowest BCUT2D eigenvalue weighted by molar-refractivity contribution is -0.116. The third kappa shape index (κ3) is 2.98. The monoisotopic (exact) mass is 332 g/mol. The van der Waals surface area contributed by atoms with Crippen molar-refractivity contribution in [3.8, 4) is 5.75 Å². The summed E-state index contributed by atoms with van der Waals surface area (Å²) in [5, 5.41) is 0. The highest BCUT2D eigenvalue weighted by Gasteiger charge is 2.33. The van der Waals surface area contributed by atoms with Crippen molar-refractivity contribution in [3.63, 3.8) is 0 Å². The SMILES string of the molecule is COc1ccc(C2C=C(c3ccccc3)OC3=C2C(=O)CCC3)cc1. The maximum absolute atomic E-state index is 12.6. The van der Waals surface area contributed by atoms with Crippen LogP contribution in [0.5, 0.6) is 5.75 Å². The summed E-state index contributed by atoms with van der Waals surface area (Å²) in [7, 11) is 1.65. The number of rotatable bonds is 3. The van der Waals surface area contributed by atoms with Gasteiger partial charge in [0.15, 0.2) is 5.78 Å². The van der Waals surface area contributed by atoms with Crippen LogP contribution in [0.1, 0.15) is 36.3 Å². The summed E-state index contributed by atoms with van der Waals surface area (Å²) < 4.78 is 11.4. The number of ether oxygens (including phenoxy) is 2. The Morgan fingerprint density at radius 2 is 1.76 bits per heavy atom. The fourth-order valence-corrected chi connectivity index (χ4v) is 3.52. The molecule has 0 saturated carbocycles. The van der Waals surface area contributed by atoms with Crippen LogP contribution < -0.4 is 4.74 Å². The minimum atomic E-state index is -0.0716. The first-order valence-corrected chi connectivity index (χ1v) is 8.61. The van der Waals surface area contributed by atoms with E-state index in [2.05, 4.69) is 6.08 Å². The van der Waals surface area contributed by atoms with E-state index in [1.165, 1.54) is 0 Å². The van der Waals surface area contributed by atoms with Crippen LogP contribution in [0.2, 0.25) is 0 Å². The number of benzene rings is 2. The highest BCUT2D eigenvalue weighted by molar-refractivity contribution is 5.99. The molecular weight excluding hydrogens is 312 g/mol.